The summed E-state index contributed by atoms with van der Waals surface area (Å²) in [6, 6.07) is 12.3. The highest BCUT2D eigenvalue weighted by Gasteiger charge is 2.15. The van der Waals surface area contributed by atoms with Gasteiger partial charge >= 0.3 is 5.97 Å². The summed E-state index contributed by atoms with van der Waals surface area (Å²) in [5.41, 5.74) is 2.53. The first-order valence-corrected chi connectivity index (χ1v) is 11.5. The Morgan fingerprint density at radius 2 is 1.94 bits per heavy atom. The number of carboxylic acid groups (broad SMARTS) is 1. The molecule has 9 nitrogen and oxygen atoms in total. The van der Waals surface area contributed by atoms with Crippen molar-refractivity contribution in [3.8, 4) is 5.75 Å². The summed E-state index contributed by atoms with van der Waals surface area (Å²) in [6.07, 6.45) is 1.08. The summed E-state index contributed by atoms with van der Waals surface area (Å²) in [7, 11) is -3.46. The van der Waals surface area contributed by atoms with Crippen LogP contribution in [0.15, 0.2) is 42.5 Å². The summed E-state index contributed by atoms with van der Waals surface area (Å²) in [4.78, 5) is 16.0. The molecule has 1 aromatic heterocycles. The lowest BCUT2D eigenvalue weighted by Gasteiger charge is -2.26. The van der Waals surface area contributed by atoms with Crippen LogP contribution in [0.2, 0.25) is 0 Å². The summed E-state index contributed by atoms with van der Waals surface area (Å²) in [6.45, 7) is 2.59. The molecule has 0 bridgehead atoms. The lowest BCUT2D eigenvalue weighted by Crippen LogP contribution is -2.32. The van der Waals surface area contributed by atoms with Crippen molar-refractivity contribution >= 4 is 38.3 Å². The third-order valence-electron chi connectivity index (χ3n) is 4.78. The summed E-state index contributed by atoms with van der Waals surface area (Å²) >= 11 is 0. The Bertz CT molecular complexity index is 1190. The number of aromatic nitrogens is 1. The minimum atomic E-state index is -3.46. The number of rotatable bonds is 10. The molecule has 0 aliphatic rings. The molecule has 0 saturated carbocycles. The summed E-state index contributed by atoms with van der Waals surface area (Å²) in [5.74, 6) is -0.450. The standard InChI is InChI=1S/C21H25N3O6S/c1-14-16-8-7-15(13-18(16)22-20(14)21(26)27)30-12-10-24(9-11-25)19-6-4-3-5-17(19)23-31(2,28)29/h3-8,13,22-23,25H,9-12H2,1-2H3,(H,26,27). The van der Waals surface area contributed by atoms with Gasteiger partial charge in [-0.2, -0.15) is 0 Å². The van der Waals surface area contributed by atoms with Crippen LogP contribution in [-0.4, -0.2) is 62.1 Å². The van der Waals surface area contributed by atoms with Crippen LogP contribution in [0.1, 0.15) is 16.1 Å². The molecule has 4 N–H and O–H groups in total. The molecule has 0 atom stereocenters. The Labute approximate surface area is 180 Å². The molecule has 0 saturated heterocycles. The molecular weight excluding hydrogens is 422 g/mol. The highest BCUT2D eigenvalue weighted by atomic mass is 32.2. The minimum Gasteiger partial charge on any atom is -0.492 e. The molecule has 0 fully saturated rings. The first-order chi connectivity index (χ1) is 14.7. The number of aliphatic hydroxyl groups excluding tert-OH is 1. The number of aryl methyl sites for hydroxylation is 1. The predicted octanol–water partition coefficient (Wildman–Crippen LogP) is 2.42. The van der Waals surface area contributed by atoms with Gasteiger partial charge in [-0.3, -0.25) is 4.72 Å². The average molecular weight is 448 g/mol. The van der Waals surface area contributed by atoms with Crippen molar-refractivity contribution in [2.75, 3.05) is 42.2 Å². The molecule has 10 heteroatoms. The predicted molar refractivity (Wildman–Crippen MR) is 120 cm³/mol. The number of nitrogens with one attached hydrogen (secondary N) is 2. The number of anilines is 2. The quantitative estimate of drug-likeness (QED) is 0.375. The van der Waals surface area contributed by atoms with E-state index in [0.29, 0.717) is 41.3 Å². The number of sulfonamides is 1. The zero-order valence-electron chi connectivity index (χ0n) is 17.3. The largest absolute Gasteiger partial charge is 0.492 e. The number of aromatic amines is 1. The highest BCUT2D eigenvalue weighted by Crippen LogP contribution is 2.27. The van der Waals surface area contributed by atoms with E-state index < -0.39 is 16.0 Å². The van der Waals surface area contributed by atoms with Gasteiger partial charge in [0.15, 0.2) is 0 Å². The Morgan fingerprint density at radius 3 is 2.61 bits per heavy atom. The van der Waals surface area contributed by atoms with Gasteiger partial charge in [-0.05, 0) is 36.8 Å². The maximum Gasteiger partial charge on any atom is 0.352 e. The topological polar surface area (TPSA) is 132 Å². The van der Waals surface area contributed by atoms with Crippen molar-refractivity contribution in [1.29, 1.82) is 0 Å². The fourth-order valence-corrected chi connectivity index (χ4v) is 3.98. The maximum absolute atomic E-state index is 11.7. The average Bonchev–Trinajstić information content (AvgIpc) is 3.03. The SMILES string of the molecule is Cc1c(C(=O)O)[nH]c2cc(OCCN(CCO)c3ccccc3NS(C)(=O)=O)ccc12. The third-order valence-corrected chi connectivity index (χ3v) is 5.37. The molecular formula is C21H25N3O6S. The second-order valence-electron chi connectivity index (χ2n) is 7.09. The third kappa shape index (κ3) is 5.47. The number of benzene rings is 2. The van der Waals surface area contributed by atoms with Crippen molar-refractivity contribution in [2.24, 2.45) is 0 Å². The van der Waals surface area contributed by atoms with Crippen LogP contribution < -0.4 is 14.4 Å². The lowest BCUT2D eigenvalue weighted by atomic mass is 10.1. The molecule has 3 aromatic rings. The number of aliphatic hydroxyl groups is 1. The van der Waals surface area contributed by atoms with Gasteiger partial charge in [0.2, 0.25) is 10.0 Å². The van der Waals surface area contributed by atoms with Crippen LogP contribution in [0.5, 0.6) is 5.75 Å². The smallest absolute Gasteiger partial charge is 0.352 e. The number of fused-ring (bicyclic) bond motifs is 1. The number of aromatic carboxylic acids is 1. The van der Waals surface area contributed by atoms with Crippen molar-refractivity contribution in [1.82, 2.24) is 4.98 Å². The summed E-state index contributed by atoms with van der Waals surface area (Å²) in [5, 5.41) is 19.5. The molecule has 0 aliphatic heterocycles. The monoisotopic (exact) mass is 447 g/mol. The fraction of sp³-hybridized carbons (Fsp3) is 0.286. The van der Waals surface area contributed by atoms with Gasteiger partial charge in [-0.1, -0.05) is 12.1 Å². The number of hydrogen-bond donors (Lipinski definition) is 4. The van der Waals surface area contributed by atoms with Gasteiger partial charge in [0, 0.05) is 18.0 Å². The van der Waals surface area contributed by atoms with Gasteiger partial charge in [0.05, 0.1) is 36.3 Å². The van der Waals surface area contributed by atoms with Gasteiger partial charge in [-0.15, -0.1) is 0 Å². The van der Waals surface area contributed by atoms with Crippen molar-refractivity contribution in [2.45, 2.75) is 6.92 Å². The first kappa shape index (κ1) is 22.4. The van der Waals surface area contributed by atoms with Gasteiger partial charge < -0.3 is 24.8 Å². The van der Waals surface area contributed by atoms with Crippen molar-refractivity contribution < 1.29 is 28.2 Å². The van der Waals surface area contributed by atoms with Crippen LogP contribution >= 0.6 is 0 Å². The van der Waals surface area contributed by atoms with E-state index >= 15 is 0 Å². The zero-order valence-corrected chi connectivity index (χ0v) is 18.1. The maximum atomic E-state index is 11.7. The Balaban J connectivity index is 1.74. The van der Waals surface area contributed by atoms with Crippen LogP contribution in [0, 0.1) is 6.92 Å². The van der Waals surface area contributed by atoms with E-state index in [9.17, 15) is 23.4 Å². The van der Waals surface area contributed by atoms with E-state index in [1.165, 1.54) is 0 Å². The molecule has 0 amide bonds. The van der Waals surface area contributed by atoms with Crippen molar-refractivity contribution in [3.05, 3.63) is 53.7 Å². The minimum absolute atomic E-state index is 0.112. The summed E-state index contributed by atoms with van der Waals surface area (Å²) < 4.78 is 31.7. The van der Waals surface area contributed by atoms with Crippen LogP contribution in [0.25, 0.3) is 10.9 Å². The molecule has 0 radical (unpaired) electrons. The number of para-hydroxylation sites is 2. The lowest BCUT2D eigenvalue weighted by molar-refractivity contribution is 0.0690. The number of hydrogen-bond acceptors (Lipinski definition) is 6. The van der Waals surface area contributed by atoms with Crippen LogP contribution in [0.4, 0.5) is 11.4 Å². The van der Waals surface area contributed by atoms with Gasteiger partial charge in [0.25, 0.3) is 0 Å². The number of H-pyrrole nitrogens is 1. The van der Waals surface area contributed by atoms with E-state index in [1.807, 2.05) is 4.90 Å². The fourth-order valence-electron chi connectivity index (χ4n) is 3.40. The molecule has 0 spiro atoms. The number of nitrogens with zero attached hydrogens (tertiary/aromatic N) is 1. The second-order valence-corrected chi connectivity index (χ2v) is 8.84. The Hall–Kier alpha value is -3.24. The second kappa shape index (κ2) is 9.27. The van der Waals surface area contributed by atoms with Crippen LogP contribution in [0.3, 0.4) is 0 Å². The number of ether oxygens (including phenoxy) is 1. The number of carbonyl (C=O) groups is 1. The normalized spacial score (nSPS) is 11.5. The van der Waals surface area contributed by atoms with Gasteiger partial charge in [-0.25, -0.2) is 13.2 Å². The first-order valence-electron chi connectivity index (χ1n) is 9.60. The van der Waals surface area contributed by atoms with E-state index in [2.05, 4.69) is 9.71 Å². The molecule has 166 valence electrons. The molecule has 1 heterocycles. The van der Waals surface area contributed by atoms with Crippen molar-refractivity contribution in [3.63, 3.8) is 0 Å². The molecule has 0 aliphatic carbocycles. The molecule has 0 unspecified atom stereocenters. The van der Waals surface area contributed by atoms with E-state index in [4.69, 9.17) is 4.74 Å². The Morgan fingerprint density at radius 1 is 1.19 bits per heavy atom. The molecule has 31 heavy (non-hydrogen) atoms. The van der Waals surface area contributed by atoms with Crippen LogP contribution in [-0.2, 0) is 10.0 Å². The van der Waals surface area contributed by atoms with Gasteiger partial charge in [0.1, 0.15) is 18.1 Å². The zero-order chi connectivity index (χ0) is 22.6. The van der Waals surface area contributed by atoms with E-state index in [1.54, 1.807) is 49.4 Å². The van der Waals surface area contributed by atoms with E-state index in [0.717, 1.165) is 11.6 Å². The molecule has 3 rings (SSSR count). The van der Waals surface area contributed by atoms with E-state index in [-0.39, 0.29) is 18.9 Å². The Kier molecular flexibility index (Phi) is 6.71. The highest BCUT2D eigenvalue weighted by molar-refractivity contribution is 7.92. The molecule has 2 aromatic carbocycles. The number of carboxylic acids is 1.